The molecule has 102 valence electrons. The van der Waals surface area contributed by atoms with E-state index < -0.39 is 0 Å². The van der Waals surface area contributed by atoms with Crippen LogP contribution in [0.15, 0.2) is 36.4 Å². The van der Waals surface area contributed by atoms with Crippen molar-refractivity contribution in [2.75, 3.05) is 5.32 Å². The summed E-state index contributed by atoms with van der Waals surface area (Å²) in [4.78, 5) is 12.0. The first-order valence-electron chi connectivity index (χ1n) is 6.71. The monoisotopic (exact) mass is 285 g/mol. The number of benzene rings is 2. The molecule has 1 aliphatic rings. The van der Waals surface area contributed by atoms with Crippen LogP contribution in [0.1, 0.15) is 34.6 Å². The Labute approximate surface area is 123 Å². The molecule has 0 saturated heterocycles. The van der Waals surface area contributed by atoms with E-state index >= 15 is 0 Å². The quantitative estimate of drug-likeness (QED) is 0.825. The SMILES string of the molecule is Cc1cc2c(cc1C)C(c1ccccc1Cl)CC(=O)N2. The lowest BCUT2D eigenvalue weighted by atomic mass is 9.83. The van der Waals surface area contributed by atoms with Gasteiger partial charge in [-0.05, 0) is 48.2 Å². The van der Waals surface area contributed by atoms with Crippen molar-refractivity contribution < 1.29 is 4.79 Å². The van der Waals surface area contributed by atoms with Gasteiger partial charge in [0.1, 0.15) is 0 Å². The molecule has 1 N–H and O–H groups in total. The van der Waals surface area contributed by atoms with Crippen LogP contribution in [0.5, 0.6) is 0 Å². The minimum absolute atomic E-state index is 0.0340. The molecule has 0 fully saturated rings. The Bertz CT molecular complexity index is 693. The van der Waals surface area contributed by atoms with Gasteiger partial charge in [-0.15, -0.1) is 0 Å². The predicted octanol–water partition coefficient (Wildman–Crippen LogP) is 4.43. The Morgan fingerprint density at radius 2 is 1.80 bits per heavy atom. The molecule has 20 heavy (non-hydrogen) atoms. The normalized spacial score (nSPS) is 17.6. The standard InChI is InChI=1S/C17H16ClNO/c1-10-7-14-13(12-5-3-4-6-15(12)18)9-17(20)19-16(14)8-11(10)2/h3-8,13H,9H2,1-2H3,(H,19,20). The first kappa shape index (κ1) is 13.2. The Morgan fingerprint density at radius 1 is 1.10 bits per heavy atom. The van der Waals surface area contributed by atoms with E-state index in [0.717, 1.165) is 21.8 Å². The number of rotatable bonds is 1. The first-order chi connectivity index (χ1) is 9.56. The van der Waals surface area contributed by atoms with Crippen molar-refractivity contribution in [1.29, 1.82) is 0 Å². The summed E-state index contributed by atoms with van der Waals surface area (Å²) in [6.45, 7) is 4.15. The Balaban J connectivity index is 2.17. The number of hydrogen-bond acceptors (Lipinski definition) is 1. The molecule has 1 amide bonds. The largest absolute Gasteiger partial charge is 0.326 e. The Hall–Kier alpha value is -1.80. The summed E-state index contributed by atoms with van der Waals surface area (Å²) in [5.41, 5.74) is 5.50. The third-order valence-corrected chi connectivity index (χ3v) is 4.33. The summed E-state index contributed by atoms with van der Waals surface area (Å²) in [7, 11) is 0. The van der Waals surface area contributed by atoms with E-state index in [4.69, 9.17) is 11.6 Å². The third kappa shape index (κ3) is 2.20. The zero-order chi connectivity index (χ0) is 14.3. The molecule has 0 saturated carbocycles. The van der Waals surface area contributed by atoms with Crippen molar-refractivity contribution in [1.82, 2.24) is 0 Å². The van der Waals surface area contributed by atoms with Crippen LogP contribution in [-0.2, 0) is 4.79 Å². The maximum Gasteiger partial charge on any atom is 0.225 e. The van der Waals surface area contributed by atoms with Crippen molar-refractivity contribution in [3.8, 4) is 0 Å². The lowest BCUT2D eigenvalue weighted by Gasteiger charge is -2.27. The average Bonchev–Trinajstić information content (AvgIpc) is 2.41. The fourth-order valence-electron chi connectivity index (χ4n) is 2.77. The van der Waals surface area contributed by atoms with Gasteiger partial charge in [-0.25, -0.2) is 0 Å². The van der Waals surface area contributed by atoms with Crippen LogP contribution in [0.4, 0.5) is 5.69 Å². The van der Waals surface area contributed by atoms with Gasteiger partial charge in [-0.3, -0.25) is 4.79 Å². The van der Waals surface area contributed by atoms with Crippen LogP contribution >= 0.6 is 11.6 Å². The van der Waals surface area contributed by atoms with Gasteiger partial charge in [0.25, 0.3) is 0 Å². The van der Waals surface area contributed by atoms with Gasteiger partial charge in [0, 0.05) is 23.0 Å². The maximum atomic E-state index is 12.0. The molecule has 3 rings (SSSR count). The number of hydrogen-bond donors (Lipinski definition) is 1. The minimum atomic E-state index is 0.0340. The van der Waals surface area contributed by atoms with Gasteiger partial charge in [0.05, 0.1) is 0 Å². The number of carbonyl (C=O) groups is 1. The molecule has 2 aromatic carbocycles. The highest BCUT2D eigenvalue weighted by Gasteiger charge is 2.28. The molecule has 1 atom stereocenters. The average molecular weight is 286 g/mol. The van der Waals surface area contributed by atoms with Gasteiger partial charge < -0.3 is 5.32 Å². The number of fused-ring (bicyclic) bond motifs is 1. The van der Waals surface area contributed by atoms with Gasteiger partial charge in [-0.1, -0.05) is 35.9 Å². The zero-order valence-electron chi connectivity index (χ0n) is 11.5. The van der Waals surface area contributed by atoms with Crippen molar-refractivity contribution in [3.05, 3.63) is 63.7 Å². The number of halogens is 1. The third-order valence-electron chi connectivity index (χ3n) is 3.99. The van der Waals surface area contributed by atoms with E-state index in [1.54, 1.807) is 0 Å². The molecule has 1 unspecified atom stereocenters. The highest BCUT2D eigenvalue weighted by atomic mass is 35.5. The molecule has 1 aliphatic heterocycles. The fraction of sp³-hybridized carbons (Fsp3) is 0.235. The van der Waals surface area contributed by atoms with Gasteiger partial charge in [0.2, 0.25) is 5.91 Å². The topological polar surface area (TPSA) is 29.1 Å². The number of carbonyl (C=O) groups excluding carboxylic acids is 1. The fourth-order valence-corrected chi connectivity index (χ4v) is 3.03. The summed E-state index contributed by atoms with van der Waals surface area (Å²) in [5, 5.41) is 3.68. The van der Waals surface area contributed by atoms with E-state index in [0.29, 0.717) is 6.42 Å². The molecule has 1 heterocycles. The van der Waals surface area contributed by atoms with Crippen molar-refractivity contribution >= 4 is 23.2 Å². The Kier molecular flexibility index (Phi) is 3.27. The molecule has 2 aromatic rings. The smallest absolute Gasteiger partial charge is 0.225 e. The van der Waals surface area contributed by atoms with Gasteiger partial charge >= 0.3 is 0 Å². The second-order valence-corrected chi connectivity index (χ2v) is 5.76. The highest BCUT2D eigenvalue weighted by Crippen LogP contribution is 2.40. The Morgan fingerprint density at radius 3 is 2.55 bits per heavy atom. The number of aryl methyl sites for hydroxylation is 2. The van der Waals surface area contributed by atoms with Crippen LogP contribution in [-0.4, -0.2) is 5.91 Å². The number of nitrogens with one attached hydrogen (secondary N) is 1. The van der Waals surface area contributed by atoms with Crippen molar-refractivity contribution in [2.24, 2.45) is 0 Å². The zero-order valence-corrected chi connectivity index (χ0v) is 12.3. The van der Waals surface area contributed by atoms with Crippen LogP contribution in [0.2, 0.25) is 5.02 Å². The van der Waals surface area contributed by atoms with Crippen LogP contribution in [0.25, 0.3) is 0 Å². The molecular weight excluding hydrogens is 270 g/mol. The van der Waals surface area contributed by atoms with Crippen molar-refractivity contribution in [2.45, 2.75) is 26.2 Å². The van der Waals surface area contributed by atoms with E-state index in [1.807, 2.05) is 30.3 Å². The van der Waals surface area contributed by atoms with Gasteiger partial charge in [0.15, 0.2) is 0 Å². The molecule has 3 heteroatoms. The summed E-state index contributed by atoms with van der Waals surface area (Å²) >= 11 is 6.31. The summed E-state index contributed by atoms with van der Waals surface area (Å²) in [5.74, 6) is 0.0809. The molecular formula is C17H16ClNO. The number of anilines is 1. The summed E-state index contributed by atoms with van der Waals surface area (Å²) in [6.07, 6.45) is 0.444. The second kappa shape index (κ2) is 4.95. The van der Waals surface area contributed by atoms with E-state index in [1.165, 1.54) is 11.1 Å². The lowest BCUT2D eigenvalue weighted by molar-refractivity contribution is -0.116. The molecule has 0 spiro atoms. The maximum absolute atomic E-state index is 12.0. The predicted molar refractivity (Wildman–Crippen MR) is 82.5 cm³/mol. The molecule has 0 bridgehead atoms. The number of amides is 1. The van der Waals surface area contributed by atoms with Crippen LogP contribution in [0, 0.1) is 13.8 Å². The van der Waals surface area contributed by atoms with Crippen LogP contribution in [0.3, 0.4) is 0 Å². The first-order valence-corrected chi connectivity index (χ1v) is 7.09. The molecule has 0 aliphatic carbocycles. The van der Waals surface area contributed by atoms with Gasteiger partial charge in [-0.2, -0.15) is 0 Å². The van der Waals surface area contributed by atoms with Crippen LogP contribution < -0.4 is 5.32 Å². The van der Waals surface area contributed by atoms with Crippen molar-refractivity contribution in [3.63, 3.8) is 0 Å². The summed E-state index contributed by atoms with van der Waals surface area (Å²) < 4.78 is 0. The molecule has 2 nitrogen and oxygen atoms in total. The second-order valence-electron chi connectivity index (χ2n) is 5.35. The van der Waals surface area contributed by atoms with E-state index in [9.17, 15) is 4.79 Å². The van der Waals surface area contributed by atoms with E-state index in [-0.39, 0.29) is 11.8 Å². The summed E-state index contributed by atoms with van der Waals surface area (Å²) in [6, 6.07) is 12.0. The van der Waals surface area contributed by atoms with E-state index in [2.05, 4.69) is 25.2 Å². The lowest BCUT2D eigenvalue weighted by Crippen LogP contribution is -2.24. The highest BCUT2D eigenvalue weighted by molar-refractivity contribution is 6.31. The minimum Gasteiger partial charge on any atom is -0.326 e. The molecule has 0 aromatic heterocycles. The molecule has 0 radical (unpaired) electrons.